The van der Waals surface area contributed by atoms with E-state index in [4.69, 9.17) is 4.74 Å². The first kappa shape index (κ1) is 19.4. The topological polar surface area (TPSA) is 105 Å². The lowest BCUT2D eigenvalue weighted by molar-refractivity contribution is -0.147. The van der Waals surface area contributed by atoms with Crippen molar-refractivity contribution in [2.24, 2.45) is 11.8 Å². The van der Waals surface area contributed by atoms with E-state index in [2.05, 4.69) is 10.6 Å². The number of anilines is 1. The molecule has 1 aromatic carbocycles. The Kier molecular flexibility index (Phi) is 6.45. The third-order valence-corrected chi connectivity index (χ3v) is 5.35. The van der Waals surface area contributed by atoms with Gasteiger partial charge in [0.15, 0.2) is 0 Å². The summed E-state index contributed by atoms with van der Waals surface area (Å²) in [6.07, 6.45) is 4.92. The molecule has 3 N–H and O–H groups in total. The number of ether oxygens (including phenoxy) is 1. The number of carbonyl (C=O) groups is 3. The van der Waals surface area contributed by atoms with Gasteiger partial charge < -0.3 is 20.5 Å². The fraction of sp³-hybridized carbons (Fsp3) is 0.550. The van der Waals surface area contributed by atoms with E-state index in [1.807, 2.05) is 0 Å². The van der Waals surface area contributed by atoms with E-state index in [9.17, 15) is 19.5 Å². The van der Waals surface area contributed by atoms with Crippen LogP contribution >= 0.6 is 0 Å². The summed E-state index contributed by atoms with van der Waals surface area (Å²) in [6, 6.07) is 6.63. The van der Waals surface area contributed by atoms with Crippen LogP contribution in [0.3, 0.4) is 0 Å². The molecule has 0 radical (unpaired) electrons. The van der Waals surface area contributed by atoms with Crippen molar-refractivity contribution in [3.63, 3.8) is 0 Å². The van der Waals surface area contributed by atoms with Crippen LogP contribution in [-0.4, -0.2) is 42.1 Å². The van der Waals surface area contributed by atoms with Crippen LogP contribution in [-0.2, 0) is 14.3 Å². The summed E-state index contributed by atoms with van der Waals surface area (Å²) < 4.78 is 5.48. The second-order valence-corrected chi connectivity index (χ2v) is 7.25. The number of carboxylic acids is 1. The number of carboxylic acid groups (broad SMARTS) is 1. The average Bonchev–Trinajstić information content (AvgIpc) is 3.20. The molecule has 3 rings (SSSR count). The molecular weight excluding hydrogens is 348 g/mol. The first-order chi connectivity index (χ1) is 13.0. The van der Waals surface area contributed by atoms with Crippen molar-refractivity contribution >= 4 is 23.5 Å². The molecule has 1 saturated heterocycles. The normalized spacial score (nSPS) is 25.0. The predicted molar refractivity (Wildman–Crippen MR) is 99.5 cm³/mol. The molecule has 7 heteroatoms. The van der Waals surface area contributed by atoms with Crippen LogP contribution in [0.4, 0.5) is 5.69 Å². The summed E-state index contributed by atoms with van der Waals surface area (Å²) in [7, 11) is 0. The van der Waals surface area contributed by atoms with Gasteiger partial charge in [0.1, 0.15) is 0 Å². The molecule has 0 bridgehead atoms. The van der Waals surface area contributed by atoms with Crippen LogP contribution in [0, 0.1) is 11.8 Å². The van der Waals surface area contributed by atoms with Crippen LogP contribution in [0.5, 0.6) is 0 Å². The maximum absolute atomic E-state index is 12.5. The lowest BCUT2D eigenvalue weighted by atomic mass is 9.78. The molecule has 1 aliphatic heterocycles. The van der Waals surface area contributed by atoms with Crippen molar-refractivity contribution in [3.05, 3.63) is 29.8 Å². The van der Waals surface area contributed by atoms with E-state index < -0.39 is 17.8 Å². The number of benzene rings is 1. The molecule has 7 nitrogen and oxygen atoms in total. The zero-order valence-electron chi connectivity index (χ0n) is 15.3. The minimum absolute atomic E-state index is 0.0881. The van der Waals surface area contributed by atoms with Gasteiger partial charge in [-0.25, -0.2) is 0 Å². The van der Waals surface area contributed by atoms with Crippen molar-refractivity contribution < 1.29 is 24.2 Å². The maximum atomic E-state index is 12.5. The van der Waals surface area contributed by atoms with Crippen molar-refractivity contribution in [2.75, 3.05) is 18.5 Å². The molecule has 3 atom stereocenters. The van der Waals surface area contributed by atoms with Crippen LogP contribution in [0.2, 0.25) is 0 Å². The van der Waals surface area contributed by atoms with E-state index in [-0.39, 0.29) is 17.9 Å². The number of hydrogen-bond donors (Lipinski definition) is 3. The highest BCUT2D eigenvalue weighted by molar-refractivity contribution is 5.97. The van der Waals surface area contributed by atoms with Crippen LogP contribution in [0.15, 0.2) is 24.3 Å². The fourth-order valence-corrected chi connectivity index (χ4v) is 3.79. The van der Waals surface area contributed by atoms with Gasteiger partial charge in [-0.2, -0.15) is 0 Å². The molecule has 0 spiro atoms. The van der Waals surface area contributed by atoms with Crippen molar-refractivity contribution in [3.8, 4) is 0 Å². The second kappa shape index (κ2) is 8.99. The molecule has 2 fully saturated rings. The summed E-state index contributed by atoms with van der Waals surface area (Å²) in [5.41, 5.74) is 1.07. The smallest absolute Gasteiger partial charge is 0.307 e. The van der Waals surface area contributed by atoms with Gasteiger partial charge in [0.25, 0.3) is 5.91 Å². The molecule has 2 amide bonds. The number of hydrogen-bond acceptors (Lipinski definition) is 4. The Balaban J connectivity index is 1.54. The Morgan fingerprint density at radius 1 is 1.00 bits per heavy atom. The molecular formula is C20H26N2O5. The number of rotatable bonds is 6. The van der Waals surface area contributed by atoms with Crippen molar-refractivity contribution in [1.82, 2.24) is 5.32 Å². The minimum atomic E-state index is -0.909. The number of aliphatic carboxylic acids is 1. The number of carbonyl (C=O) groups excluding carboxylic acids is 2. The van der Waals surface area contributed by atoms with Crippen molar-refractivity contribution in [2.45, 2.75) is 44.6 Å². The molecule has 0 aromatic heterocycles. The first-order valence-corrected chi connectivity index (χ1v) is 9.58. The SMILES string of the molecule is O=C(NC[C@@H]1CCCO1)c1ccc(NC(=O)[C@@H]2CCCC[C@H]2C(=O)O)cc1. The van der Waals surface area contributed by atoms with Crippen LogP contribution in [0.25, 0.3) is 0 Å². The molecule has 1 aliphatic carbocycles. The second-order valence-electron chi connectivity index (χ2n) is 7.25. The van der Waals surface area contributed by atoms with E-state index in [0.717, 1.165) is 32.3 Å². The Bertz CT molecular complexity index is 682. The summed E-state index contributed by atoms with van der Waals surface area (Å²) in [4.78, 5) is 36.0. The van der Waals surface area contributed by atoms with Gasteiger partial charge in [-0.3, -0.25) is 14.4 Å². The van der Waals surface area contributed by atoms with Gasteiger partial charge in [-0.15, -0.1) is 0 Å². The molecule has 27 heavy (non-hydrogen) atoms. The third-order valence-electron chi connectivity index (χ3n) is 5.35. The third kappa shape index (κ3) is 5.07. The maximum Gasteiger partial charge on any atom is 0.307 e. The van der Waals surface area contributed by atoms with Gasteiger partial charge >= 0.3 is 5.97 Å². The highest BCUT2D eigenvalue weighted by Gasteiger charge is 2.35. The van der Waals surface area contributed by atoms with Crippen molar-refractivity contribution in [1.29, 1.82) is 0 Å². The van der Waals surface area contributed by atoms with Crippen LogP contribution < -0.4 is 10.6 Å². The lowest BCUT2D eigenvalue weighted by Gasteiger charge is -2.27. The minimum Gasteiger partial charge on any atom is -0.481 e. The summed E-state index contributed by atoms with van der Waals surface area (Å²) in [5, 5.41) is 15.0. The fourth-order valence-electron chi connectivity index (χ4n) is 3.79. The zero-order chi connectivity index (χ0) is 19.2. The number of nitrogens with one attached hydrogen (secondary N) is 2. The molecule has 146 valence electrons. The Morgan fingerprint density at radius 2 is 1.70 bits per heavy atom. The Labute approximate surface area is 158 Å². The summed E-state index contributed by atoms with van der Waals surface area (Å²) in [5.74, 6) is -2.49. The van der Waals surface area contributed by atoms with E-state index in [0.29, 0.717) is 30.6 Å². The van der Waals surface area contributed by atoms with Gasteiger partial charge in [-0.05, 0) is 49.9 Å². The average molecular weight is 374 g/mol. The molecule has 1 saturated carbocycles. The lowest BCUT2D eigenvalue weighted by Crippen LogP contribution is -2.36. The van der Waals surface area contributed by atoms with Gasteiger partial charge in [0.2, 0.25) is 5.91 Å². The molecule has 1 heterocycles. The van der Waals surface area contributed by atoms with Gasteiger partial charge in [-0.1, -0.05) is 12.8 Å². The van der Waals surface area contributed by atoms with E-state index in [1.54, 1.807) is 24.3 Å². The molecule has 0 unspecified atom stereocenters. The van der Waals surface area contributed by atoms with Crippen LogP contribution in [0.1, 0.15) is 48.9 Å². The Hall–Kier alpha value is -2.41. The predicted octanol–water partition coefficient (Wildman–Crippen LogP) is 2.42. The quantitative estimate of drug-likeness (QED) is 0.709. The Morgan fingerprint density at radius 3 is 2.33 bits per heavy atom. The van der Waals surface area contributed by atoms with E-state index >= 15 is 0 Å². The highest BCUT2D eigenvalue weighted by atomic mass is 16.5. The molecule has 1 aromatic rings. The highest BCUT2D eigenvalue weighted by Crippen LogP contribution is 2.31. The monoisotopic (exact) mass is 374 g/mol. The summed E-state index contributed by atoms with van der Waals surface area (Å²) in [6.45, 7) is 1.24. The summed E-state index contributed by atoms with van der Waals surface area (Å²) >= 11 is 0. The van der Waals surface area contributed by atoms with E-state index in [1.165, 1.54) is 0 Å². The largest absolute Gasteiger partial charge is 0.481 e. The first-order valence-electron chi connectivity index (χ1n) is 9.58. The zero-order valence-corrected chi connectivity index (χ0v) is 15.3. The van der Waals surface area contributed by atoms with Gasteiger partial charge in [0, 0.05) is 24.4 Å². The number of amides is 2. The van der Waals surface area contributed by atoms with Gasteiger partial charge in [0.05, 0.1) is 17.9 Å². The standard InChI is InChI=1S/C20H26N2O5/c23-18(21-12-15-4-3-11-27-15)13-7-9-14(10-8-13)22-19(24)16-5-1-2-6-17(16)20(25)26/h7-10,15-17H,1-6,11-12H2,(H,21,23)(H,22,24)(H,25,26)/t15-,16+,17+/m0/s1. The molecule has 2 aliphatic rings.